The molecule has 4 rings (SSSR count). The summed E-state index contributed by atoms with van der Waals surface area (Å²) in [6.07, 6.45) is -1.18. The monoisotopic (exact) mass is 408 g/mol. The van der Waals surface area contributed by atoms with Crippen LogP contribution in [0.25, 0.3) is 11.2 Å². The standard InChI is InChI=1S/C18H25FN6O4/c1-8(2)15(28)24-17-22-13(21-9-4-5-9)11-14(23-17)25(7-20-11)16-10(19)12(27)18(3,6-26)29-16/h7-10,12,16,26-27H,4-6H2,1-3H3,(H2,21,22,23,24,28)/t10-,12+,16-,18-/m1/s1. The summed E-state index contributed by atoms with van der Waals surface area (Å²) in [7, 11) is 0. The Labute approximate surface area is 166 Å². The van der Waals surface area contributed by atoms with Gasteiger partial charge in [-0.15, -0.1) is 0 Å². The number of nitrogens with zero attached hydrogens (tertiary/aromatic N) is 4. The van der Waals surface area contributed by atoms with E-state index < -0.39 is 30.7 Å². The van der Waals surface area contributed by atoms with Crippen molar-refractivity contribution in [2.24, 2.45) is 5.92 Å². The lowest BCUT2D eigenvalue weighted by Crippen LogP contribution is -2.42. The summed E-state index contributed by atoms with van der Waals surface area (Å²) in [5.41, 5.74) is -0.788. The highest BCUT2D eigenvalue weighted by atomic mass is 19.1. The van der Waals surface area contributed by atoms with Crippen LogP contribution in [-0.2, 0) is 9.53 Å². The zero-order chi connectivity index (χ0) is 20.9. The van der Waals surface area contributed by atoms with Crippen molar-refractivity contribution in [1.82, 2.24) is 19.5 Å². The van der Waals surface area contributed by atoms with E-state index in [1.165, 1.54) is 17.8 Å². The smallest absolute Gasteiger partial charge is 0.233 e. The van der Waals surface area contributed by atoms with Gasteiger partial charge in [0.15, 0.2) is 29.4 Å². The molecule has 0 spiro atoms. The van der Waals surface area contributed by atoms with Gasteiger partial charge < -0.3 is 20.3 Å². The van der Waals surface area contributed by atoms with E-state index in [-0.39, 0.29) is 29.5 Å². The number of carbonyl (C=O) groups excluding carboxylic acids is 1. The molecule has 2 aromatic rings. The van der Waals surface area contributed by atoms with Crippen LogP contribution in [-0.4, -0.2) is 66.2 Å². The third-order valence-electron chi connectivity index (χ3n) is 5.28. The number of hydrogen-bond donors (Lipinski definition) is 4. The number of imidazole rings is 1. The fourth-order valence-electron chi connectivity index (χ4n) is 3.18. The molecule has 0 bridgehead atoms. The Morgan fingerprint density at radius 1 is 1.45 bits per heavy atom. The van der Waals surface area contributed by atoms with Crippen molar-refractivity contribution in [1.29, 1.82) is 0 Å². The van der Waals surface area contributed by atoms with Crippen molar-refractivity contribution in [2.45, 2.75) is 63.8 Å². The molecule has 2 fully saturated rings. The van der Waals surface area contributed by atoms with Crippen LogP contribution in [0.15, 0.2) is 6.33 Å². The summed E-state index contributed by atoms with van der Waals surface area (Å²) in [5.74, 6) is -0.0152. The van der Waals surface area contributed by atoms with Crippen molar-refractivity contribution >= 4 is 28.8 Å². The molecule has 1 saturated carbocycles. The highest BCUT2D eigenvalue weighted by Gasteiger charge is 2.53. The Balaban J connectivity index is 1.76. The predicted molar refractivity (Wildman–Crippen MR) is 102 cm³/mol. The molecule has 3 heterocycles. The molecule has 2 aliphatic rings. The number of aliphatic hydroxyl groups excluding tert-OH is 2. The van der Waals surface area contributed by atoms with Crippen LogP contribution in [0, 0.1) is 5.92 Å². The number of ether oxygens (including phenoxy) is 1. The molecule has 0 radical (unpaired) electrons. The third kappa shape index (κ3) is 3.53. The molecule has 4 atom stereocenters. The molecule has 1 saturated heterocycles. The van der Waals surface area contributed by atoms with Gasteiger partial charge in [0.25, 0.3) is 0 Å². The Morgan fingerprint density at radius 3 is 2.76 bits per heavy atom. The maximum Gasteiger partial charge on any atom is 0.233 e. The number of amides is 1. The van der Waals surface area contributed by atoms with Gasteiger partial charge >= 0.3 is 0 Å². The normalized spacial score (nSPS) is 29.6. The van der Waals surface area contributed by atoms with Crippen LogP contribution >= 0.6 is 0 Å². The molecule has 0 unspecified atom stereocenters. The van der Waals surface area contributed by atoms with E-state index in [9.17, 15) is 19.4 Å². The van der Waals surface area contributed by atoms with Crippen LogP contribution in [0.5, 0.6) is 0 Å². The maximum atomic E-state index is 14.8. The molecular weight excluding hydrogens is 383 g/mol. The first kappa shape index (κ1) is 19.9. The lowest BCUT2D eigenvalue weighted by atomic mass is 9.99. The summed E-state index contributed by atoms with van der Waals surface area (Å²) < 4.78 is 21.8. The molecule has 4 N–H and O–H groups in total. The first-order chi connectivity index (χ1) is 13.7. The molecule has 1 aliphatic heterocycles. The molecule has 1 amide bonds. The van der Waals surface area contributed by atoms with Crippen LogP contribution < -0.4 is 10.6 Å². The summed E-state index contributed by atoms with van der Waals surface area (Å²) in [5, 5.41) is 25.6. The summed E-state index contributed by atoms with van der Waals surface area (Å²) in [4.78, 5) is 25.1. The second-order valence-electron chi connectivity index (χ2n) is 8.15. The number of fused-ring (bicyclic) bond motifs is 1. The third-order valence-corrected chi connectivity index (χ3v) is 5.28. The van der Waals surface area contributed by atoms with Gasteiger partial charge in [-0.05, 0) is 19.8 Å². The van der Waals surface area contributed by atoms with Gasteiger partial charge in [0.2, 0.25) is 11.9 Å². The second kappa shape index (κ2) is 7.15. The van der Waals surface area contributed by atoms with Gasteiger partial charge in [-0.1, -0.05) is 13.8 Å². The summed E-state index contributed by atoms with van der Waals surface area (Å²) >= 11 is 0. The average Bonchev–Trinajstić information content (AvgIpc) is 3.35. The van der Waals surface area contributed by atoms with E-state index in [4.69, 9.17) is 4.74 Å². The molecule has 2 aromatic heterocycles. The SMILES string of the molecule is CC(C)C(=O)Nc1nc(NC2CC2)c2ncn([C@@H]3O[C@](C)(CO)[C@@H](O)[C@H]3F)c2n1. The zero-order valence-corrected chi connectivity index (χ0v) is 16.5. The van der Waals surface area contributed by atoms with Gasteiger partial charge in [-0.25, -0.2) is 9.37 Å². The van der Waals surface area contributed by atoms with Crippen LogP contribution in [0.2, 0.25) is 0 Å². The Bertz CT molecular complexity index is 932. The average molecular weight is 408 g/mol. The van der Waals surface area contributed by atoms with Gasteiger partial charge in [-0.3, -0.25) is 14.7 Å². The molecule has 0 aromatic carbocycles. The number of carbonyl (C=O) groups is 1. The van der Waals surface area contributed by atoms with Gasteiger partial charge in [0.1, 0.15) is 11.7 Å². The number of rotatable bonds is 6. The van der Waals surface area contributed by atoms with Crippen LogP contribution in [0.4, 0.5) is 16.2 Å². The number of hydrogen-bond acceptors (Lipinski definition) is 8. The quantitative estimate of drug-likeness (QED) is 0.556. The topological polar surface area (TPSA) is 134 Å². The maximum absolute atomic E-state index is 14.8. The first-order valence-corrected chi connectivity index (χ1v) is 9.66. The Hall–Kier alpha value is -2.37. The van der Waals surface area contributed by atoms with E-state index >= 15 is 0 Å². The minimum absolute atomic E-state index is 0.0694. The number of anilines is 2. The van der Waals surface area contributed by atoms with Gasteiger partial charge in [-0.2, -0.15) is 9.97 Å². The molecule has 1 aliphatic carbocycles. The largest absolute Gasteiger partial charge is 0.393 e. The van der Waals surface area contributed by atoms with Crippen molar-refractivity contribution in [2.75, 3.05) is 17.2 Å². The highest BCUT2D eigenvalue weighted by molar-refractivity contribution is 5.92. The highest BCUT2D eigenvalue weighted by Crippen LogP contribution is 2.40. The van der Waals surface area contributed by atoms with Crippen LogP contribution in [0.1, 0.15) is 39.8 Å². The van der Waals surface area contributed by atoms with E-state index in [0.717, 1.165) is 12.8 Å². The Morgan fingerprint density at radius 2 is 2.17 bits per heavy atom. The first-order valence-electron chi connectivity index (χ1n) is 9.66. The Kier molecular flexibility index (Phi) is 4.91. The molecular formula is C18H25FN6O4. The van der Waals surface area contributed by atoms with Crippen molar-refractivity contribution in [3.8, 4) is 0 Å². The zero-order valence-electron chi connectivity index (χ0n) is 16.5. The minimum atomic E-state index is -1.80. The van der Waals surface area contributed by atoms with Crippen molar-refractivity contribution in [3.63, 3.8) is 0 Å². The lowest BCUT2D eigenvalue weighted by molar-refractivity contribution is -0.118. The minimum Gasteiger partial charge on any atom is -0.393 e. The van der Waals surface area contributed by atoms with Crippen molar-refractivity contribution in [3.05, 3.63) is 6.33 Å². The number of aliphatic hydroxyl groups is 2. The number of alkyl halides is 1. The van der Waals surface area contributed by atoms with E-state index in [0.29, 0.717) is 11.3 Å². The lowest BCUT2D eigenvalue weighted by Gasteiger charge is -2.24. The fraction of sp³-hybridized carbons (Fsp3) is 0.667. The fourth-order valence-corrected chi connectivity index (χ4v) is 3.18. The molecule has 11 heteroatoms. The van der Waals surface area contributed by atoms with E-state index in [1.54, 1.807) is 13.8 Å². The van der Waals surface area contributed by atoms with Crippen molar-refractivity contribution < 1.29 is 24.1 Å². The van der Waals surface area contributed by atoms with Crippen LogP contribution in [0.3, 0.4) is 0 Å². The predicted octanol–water partition coefficient (Wildman–Crippen LogP) is 0.974. The number of aromatic nitrogens is 4. The molecule has 158 valence electrons. The summed E-state index contributed by atoms with van der Waals surface area (Å²) in [6.45, 7) is 4.39. The van der Waals surface area contributed by atoms with Gasteiger partial charge in [0.05, 0.1) is 12.9 Å². The molecule has 29 heavy (non-hydrogen) atoms. The van der Waals surface area contributed by atoms with E-state index in [1.807, 2.05) is 0 Å². The second-order valence-corrected chi connectivity index (χ2v) is 8.15. The van der Waals surface area contributed by atoms with E-state index in [2.05, 4.69) is 25.6 Å². The molecule has 10 nitrogen and oxygen atoms in total. The number of nitrogens with one attached hydrogen (secondary N) is 2. The number of halogens is 1. The summed E-state index contributed by atoms with van der Waals surface area (Å²) in [6, 6.07) is 0.267. The van der Waals surface area contributed by atoms with Gasteiger partial charge in [0, 0.05) is 12.0 Å².